The number of aromatic amines is 1. The molecule has 1 amide bonds. The molecule has 0 aliphatic carbocycles. The van der Waals surface area contributed by atoms with Crippen LogP contribution in [0.5, 0.6) is 0 Å². The second-order valence-corrected chi connectivity index (χ2v) is 8.59. The van der Waals surface area contributed by atoms with Crippen LogP contribution in [-0.4, -0.2) is 47.2 Å². The highest BCUT2D eigenvalue weighted by atomic mass is 79.9. The number of nitrogens with one attached hydrogen (secondary N) is 2. The number of carbonyl (C=O) groups is 1. The number of hydrogen-bond donors (Lipinski definition) is 2. The Morgan fingerprint density at radius 2 is 1.91 bits per heavy atom. The van der Waals surface area contributed by atoms with Gasteiger partial charge < -0.3 is 19.9 Å². The highest BCUT2D eigenvalue weighted by molar-refractivity contribution is 9.10. The lowest BCUT2D eigenvalue weighted by atomic mass is 10.1. The molecule has 0 radical (unpaired) electrons. The van der Waals surface area contributed by atoms with Gasteiger partial charge in [-0.05, 0) is 41.5 Å². The van der Waals surface area contributed by atoms with E-state index in [0.717, 1.165) is 56.9 Å². The fraction of sp³-hybridized carbons (Fsp3) is 0.208. The van der Waals surface area contributed by atoms with Crippen molar-refractivity contribution >= 4 is 44.4 Å². The third-order valence-electron chi connectivity index (χ3n) is 5.45. The summed E-state index contributed by atoms with van der Waals surface area (Å²) in [6.45, 7) is 3.05. The van der Waals surface area contributed by atoms with E-state index in [1.54, 1.807) is 6.33 Å². The number of aromatic nitrogens is 3. The quantitative estimate of drug-likeness (QED) is 0.432. The molecule has 0 saturated carbocycles. The van der Waals surface area contributed by atoms with Crippen LogP contribution in [0.2, 0.25) is 0 Å². The highest BCUT2D eigenvalue weighted by Crippen LogP contribution is 2.29. The first-order valence-electron chi connectivity index (χ1n) is 10.5. The molecule has 1 fully saturated rings. The van der Waals surface area contributed by atoms with Crippen molar-refractivity contribution in [3.05, 3.63) is 71.0 Å². The van der Waals surface area contributed by atoms with E-state index >= 15 is 0 Å². The zero-order chi connectivity index (χ0) is 21.9. The van der Waals surface area contributed by atoms with Crippen LogP contribution in [0.15, 0.2) is 65.4 Å². The molecule has 1 aliphatic heterocycles. The van der Waals surface area contributed by atoms with Crippen LogP contribution in [0.4, 0.5) is 11.5 Å². The Morgan fingerprint density at radius 3 is 2.69 bits per heavy atom. The van der Waals surface area contributed by atoms with Gasteiger partial charge in [-0.1, -0.05) is 40.2 Å². The van der Waals surface area contributed by atoms with E-state index in [0.29, 0.717) is 19.6 Å². The number of fused-ring (bicyclic) bond motifs is 1. The minimum absolute atomic E-state index is 0.0492. The lowest BCUT2D eigenvalue weighted by molar-refractivity contribution is -0.115. The average Bonchev–Trinajstić information content (AvgIpc) is 3.24. The standard InChI is InChI=1S/C24H22BrN5O2/c25-18-3-1-2-16(12-18)13-22(31)28-19-6-4-17(5-7-19)21-14-20-23(29-21)26-15-27-24(20)30-8-10-32-11-9-30/h1-7,12,14-15H,8-11,13H2,(H,28,31)(H,26,27,29). The maximum absolute atomic E-state index is 12.4. The monoisotopic (exact) mass is 491 g/mol. The van der Waals surface area contributed by atoms with Gasteiger partial charge in [0.15, 0.2) is 0 Å². The fourth-order valence-electron chi connectivity index (χ4n) is 3.88. The third-order valence-corrected chi connectivity index (χ3v) is 5.94. The van der Waals surface area contributed by atoms with Crippen molar-refractivity contribution in [3.8, 4) is 11.3 Å². The molecule has 162 valence electrons. The number of carbonyl (C=O) groups excluding carboxylic acids is 1. The van der Waals surface area contributed by atoms with Crippen LogP contribution in [-0.2, 0) is 16.0 Å². The van der Waals surface area contributed by atoms with Gasteiger partial charge in [0, 0.05) is 28.9 Å². The Labute approximate surface area is 194 Å². The fourth-order valence-corrected chi connectivity index (χ4v) is 4.33. The second-order valence-electron chi connectivity index (χ2n) is 7.67. The summed E-state index contributed by atoms with van der Waals surface area (Å²) >= 11 is 3.44. The maximum Gasteiger partial charge on any atom is 0.228 e. The predicted octanol–water partition coefficient (Wildman–Crippen LogP) is 4.41. The van der Waals surface area contributed by atoms with E-state index in [4.69, 9.17) is 4.74 Å². The van der Waals surface area contributed by atoms with Crippen LogP contribution >= 0.6 is 15.9 Å². The Morgan fingerprint density at radius 1 is 1.09 bits per heavy atom. The van der Waals surface area contributed by atoms with Crippen molar-refractivity contribution < 1.29 is 9.53 Å². The minimum Gasteiger partial charge on any atom is -0.378 e. The Bertz CT molecular complexity index is 1250. The normalized spacial score (nSPS) is 14.0. The molecule has 1 aliphatic rings. The average molecular weight is 492 g/mol. The van der Waals surface area contributed by atoms with Crippen molar-refractivity contribution in [2.75, 3.05) is 36.5 Å². The van der Waals surface area contributed by atoms with Gasteiger partial charge in [0.05, 0.1) is 25.0 Å². The number of nitrogens with zero attached hydrogens (tertiary/aromatic N) is 3. The first-order chi connectivity index (χ1) is 15.7. The van der Waals surface area contributed by atoms with Gasteiger partial charge >= 0.3 is 0 Å². The molecule has 32 heavy (non-hydrogen) atoms. The number of morpholine rings is 1. The van der Waals surface area contributed by atoms with Gasteiger partial charge in [0.2, 0.25) is 5.91 Å². The van der Waals surface area contributed by atoms with Crippen LogP contribution in [0.25, 0.3) is 22.3 Å². The predicted molar refractivity (Wildman–Crippen MR) is 129 cm³/mol. The number of amides is 1. The second kappa shape index (κ2) is 9.10. The summed E-state index contributed by atoms with van der Waals surface area (Å²) in [5.74, 6) is 0.879. The molecule has 2 aromatic heterocycles. The number of rotatable bonds is 5. The molecule has 8 heteroatoms. The van der Waals surface area contributed by atoms with E-state index in [2.05, 4.69) is 47.2 Å². The van der Waals surface area contributed by atoms with Crippen molar-refractivity contribution in [2.45, 2.75) is 6.42 Å². The van der Waals surface area contributed by atoms with E-state index < -0.39 is 0 Å². The molecule has 0 bridgehead atoms. The van der Waals surface area contributed by atoms with Gasteiger partial charge in [0.25, 0.3) is 0 Å². The van der Waals surface area contributed by atoms with Crippen molar-refractivity contribution in [1.29, 1.82) is 0 Å². The molecule has 3 heterocycles. The number of hydrogen-bond acceptors (Lipinski definition) is 5. The topological polar surface area (TPSA) is 83.1 Å². The van der Waals surface area contributed by atoms with Crippen LogP contribution in [0, 0.1) is 0 Å². The zero-order valence-electron chi connectivity index (χ0n) is 17.3. The number of halogens is 1. The smallest absolute Gasteiger partial charge is 0.228 e. The summed E-state index contributed by atoms with van der Waals surface area (Å²) in [5.41, 5.74) is 4.51. The van der Waals surface area contributed by atoms with Crippen LogP contribution in [0.3, 0.4) is 0 Å². The van der Waals surface area contributed by atoms with E-state index in [9.17, 15) is 4.79 Å². The molecule has 0 atom stereocenters. The summed E-state index contributed by atoms with van der Waals surface area (Å²) in [7, 11) is 0. The number of anilines is 2. The largest absolute Gasteiger partial charge is 0.378 e. The number of H-pyrrole nitrogens is 1. The first kappa shape index (κ1) is 20.7. The van der Waals surface area contributed by atoms with Gasteiger partial charge in [-0.3, -0.25) is 4.79 Å². The van der Waals surface area contributed by atoms with Gasteiger partial charge in [-0.2, -0.15) is 0 Å². The molecule has 0 unspecified atom stereocenters. The highest BCUT2D eigenvalue weighted by Gasteiger charge is 2.17. The summed E-state index contributed by atoms with van der Waals surface area (Å²) in [5, 5.41) is 3.96. The Balaban J connectivity index is 1.32. The molecule has 1 saturated heterocycles. The van der Waals surface area contributed by atoms with Crippen molar-refractivity contribution in [1.82, 2.24) is 15.0 Å². The molecule has 2 N–H and O–H groups in total. The van der Waals surface area contributed by atoms with E-state index in [1.165, 1.54) is 0 Å². The molecular formula is C24H22BrN5O2. The van der Waals surface area contributed by atoms with E-state index in [1.807, 2.05) is 48.5 Å². The van der Waals surface area contributed by atoms with Crippen molar-refractivity contribution in [3.63, 3.8) is 0 Å². The van der Waals surface area contributed by atoms with Gasteiger partial charge in [-0.25, -0.2) is 9.97 Å². The molecule has 0 spiro atoms. The molecule has 2 aromatic carbocycles. The van der Waals surface area contributed by atoms with Crippen molar-refractivity contribution in [2.24, 2.45) is 0 Å². The molecule has 5 rings (SSSR count). The number of benzene rings is 2. The SMILES string of the molecule is O=C(Cc1cccc(Br)c1)Nc1ccc(-c2cc3c(N4CCOCC4)ncnc3[nH]2)cc1. The summed E-state index contributed by atoms with van der Waals surface area (Å²) in [6, 6.07) is 17.6. The summed E-state index contributed by atoms with van der Waals surface area (Å²) in [4.78, 5) is 26.9. The number of ether oxygens (including phenoxy) is 1. The minimum atomic E-state index is -0.0492. The zero-order valence-corrected chi connectivity index (χ0v) is 18.9. The Hall–Kier alpha value is -3.23. The van der Waals surface area contributed by atoms with E-state index in [-0.39, 0.29) is 5.91 Å². The first-order valence-corrected chi connectivity index (χ1v) is 11.3. The van der Waals surface area contributed by atoms with Gasteiger partial charge in [-0.15, -0.1) is 0 Å². The van der Waals surface area contributed by atoms with Crippen LogP contribution < -0.4 is 10.2 Å². The van der Waals surface area contributed by atoms with Gasteiger partial charge in [0.1, 0.15) is 17.8 Å². The lowest BCUT2D eigenvalue weighted by Gasteiger charge is -2.27. The molecular weight excluding hydrogens is 470 g/mol. The maximum atomic E-state index is 12.4. The molecule has 7 nitrogen and oxygen atoms in total. The van der Waals surface area contributed by atoms with Crippen LogP contribution in [0.1, 0.15) is 5.56 Å². The Kier molecular flexibility index (Phi) is 5.87. The summed E-state index contributed by atoms with van der Waals surface area (Å²) in [6.07, 6.45) is 1.92. The lowest BCUT2D eigenvalue weighted by Crippen LogP contribution is -2.36. The third kappa shape index (κ3) is 4.51. The molecule has 4 aromatic rings. The summed E-state index contributed by atoms with van der Waals surface area (Å²) < 4.78 is 6.42.